The average molecular weight is 230 g/mol. The maximum atomic E-state index is 11.2. The van der Waals surface area contributed by atoms with Gasteiger partial charge in [0.1, 0.15) is 5.02 Å². The first-order valence-corrected chi connectivity index (χ1v) is 4.55. The lowest BCUT2D eigenvalue weighted by Gasteiger charge is -2.01. The molecular formula is C9H8ClNO4. The van der Waals surface area contributed by atoms with Gasteiger partial charge in [-0.3, -0.25) is 10.1 Å². The Morgan fingerprint density at radius 1 is 1.60 bits per heavy atom. The van der Waals surface area contributed by atoms with E-state index in [1.54, 1.807) is 6.92 Å². The third kappa shape index (κ3) is 2.66. The van der Waals surface area contributed by atoms with Crippen LogP contribution in [0.15, 0.2) is 18.2 Å². The lowest BCUT2D eigenvalue weighted by atomic mass is 10.2. The molecule has 1 aromatic carbocycles. The van der Waals surface area contributed by atoms with E-state index in [9.17, 15) is 14.9 Å². The third-order valence-corrected chi connectivity index (χ3v) is 1.96. The zero-order valence-corrected chi connectivity index (χ0v) is 8.65. The van der Waals surface area contributed by atoms with Crippen LogP contribution in [0.25, 0.3) is 0 Å². The minimum atomic E-state index is -0.614. The van der Waals surface area contributed by atoms with Gasteiger partial charge in [-0.1, -0.05) is 11.6 Å². The lowest BCUT2D eigenvalue weighted by molar-refractivity contribution is -0.384. The zero-order valence-electron chi connectivity index (χ0n) is 7.90. The molecule has 0 radical (unpaired) electrons. The predicted molar refractivity (Wildman–Crippen MR) is 54.1 cm³/mol. The van der Waals surface area contributed by atoms with Crippen molar-refractivity contribution in [2.75, 3.05) is 6.61 Å². The van der Waals surface area contributed by atoms with Gasteiger partial charge in [-0.05, 0) is 19.1 Å². The number of carbonyl (C=O) groups excluding carboxylic acids is 1. The Labute approximate surface area is 90.8 Å². The van der Waals surface area contributed by atoms with Crippen molar-refractivity contribution in [2.45, 2.75) is 6.92 Å². The van der Waals surface area contributed by atoms with Crippen LogP contribution in [0.5, 0.6) is 0 Å². The van der Waals surface area contributed by atoms with Crippen LogP contribution in [-0.2, 0) is 4.74 Å². The van der Waals surface area contributed by atoms with E-state index in [2.05, 4.69) is 0 Å². The first kappa shape index (κ1) is 11.5. The van der Waals surface area contributed by atoms with Crippen LogP contribution < -0.4 is 0 Å². The monoisotopic (exact) mass is 229 g/mol. The first-order chi connectivity index (χ1) is 7.06. The molecule has 0 atom stereocenters. The Morgan fingerprint density at radius 2 is 2.27 bits per heavy atom. The number of nitro groups is 1. The van der Waals surface area contributed by atoms with Gasteiger partial charge in [0.25, 0.3) is 5.69 Å². The standard InChI is InChI=1S/C9H8ClNO4/c1-2-15-9(12)6-3-4-8(11(13)14)7(10)5-6/h3-5H,2H2,1H3. The number of hydrogen-bond donors (Lipinski definition) is 0. The maximum absolute atomic E-state index is 11.2. The van der Waals surface area contributed by atoms with Crippen molar-refractivity contribution in [3.63, 3.8) is 0 Å². The number of halogens is 1. The van der Waals surface area contributed by atoms with Crippen LogP contribution in [0.1, 0.15) is 17.3 Å². The number of rotatable bonds is 3. The molecule has 0 heterocycles. The fraction of sp³-hybridized carbons (Fsp3) is 0.222. The van der Waals surface area contributed by atoms with Crippen LogP contribution in [0.2, 0.25) is 5.02 Å². The number of ether oxygens (including phenoxy) is 1. The molecule has 0 aliphatic carbocycles. The Kier molecular flexibility index (Phi) is 3.62. The number of carbonyl (C=O) groups is 1. The van der Waals surface area contributed by atoms with Gasteiger partial charge >= 0.3 is 5.97 Å². The average Bonchev–Trinajstić information content (AvgIpc) is 2.17. The third-order valence-electron chi connectivity index (χ3n) is 1.66. The first-order valence-electron chi connectivity index (χ1n) is 4.17. The Bertz CT molecular complexity index is 405. The van der Waals surface area contributed by atoms with Crippen molar-refractivity contribution in [3.05, 3.63) is 38.9 Å². The Balaban J connectivity index is 3.01. The molecule has 0 N–H and O–H groups in total. The van der Waals surface area contributed by atoms with Crippen LogP contribution in [-0.4, -0.2) is 17.5 Å². The van der Waals surface area contributed by atoms with Gasteiger partial charge in [-0.2, -0.15) is 0 Å². The van der Waals surface area contributed by atoms with E-state index in [1.807, 2.05) is 0 Å². The Hall–Kier alpha value is -1.62. The molecule has 80 valence electrons. The van der Waals surface area contributed by atoms with Crippen molar-refractivity contribution in [1.82, 2.24) is 0 Å². The van der Waals surface area contributed by atoms with E-state index in [0.29, 0.717) is 0 Å². The summed E-state index contributed by atoms with van der Waals surface area (Å²) in [7, 11) is 0. The molecule has 0 saturated heterocycles. The Morgan fingerprint density at radius 3 is 2.73 bits per heavy atom. The minimum absolute atomic E-state index is 0.0782. The predicted octanol–water partition coefficient (Wildman–Crippen LogP) is 2.42. The molecule has 0 spiro atoms. The SMILES string of the molecule is CCOC(=O)c1ccc([N+](=O)[O-])c(Cl)c1. The molecule has 15 heavy (non-hydrogen) atoms. The van der Waals surface area contributed by atoms with Crippen LogP contribution in [0, 0.1) is 10.1 Å². The van der Waals surface area contributed by atoms with Crippen LogP contribution in [0.3, 0.4) is 0 Å². The molecule has 0 unspecified atom stereocenters. The highest BCUT2D eigenvalue weighted by atomic mass is 35.5. The second kappa shape index (κ2) is 4.75. The minimum Gasteiger partial charge on any atom is -0.462 e. The van der Waals surface area contributed by atoms with Gasteiger partial charge in [0.15, 0.2) is 0 Å². The van der Waals surface area contributed by atoms with E-state index < -0.39 is 10.9 Å². The number of hydrogen-bond acceptors (Lipinski definition) is 4. The van der Waals surface area contributed by atoms with E-state index >= 15 is 0 Å². The molecule has 6 heteroatoms. The fourth-order valence-corrected chi connectivity index (χ4v) is 1.25. The molecule has 0 amide bonds. The summed E-state index contributed by atoms with van der Waals surface area (Å²) in [6.45, 7) is 1.92. The van der Waals surface area contributed by atoms with Crippen molar-refractivity contribution in [3.8, 4) is 0 Å². The topological polar surface area (TPSA) is 69.4 Å². The zero-order chi connectivity index (χ0) is 11.4. The molecule has 0 fully saturated rings. The lowest BCUT2D eigenvalue weighted by Crippen LogP contribution is -2.04. The van der Waals surface area contributed by atoms with Gasteiger partial charge in [-0.25, -0.2) is 4.79 Å². The van der Waals surface area contributed by atoms with Crippen molar-refractivity contribution in [2.24, 2.45) is 0 Å². The summed E-state index contributed by atoms with van der Waals surface area (Å²) in [4.78, 5) is 21.0. The summed E-state index contributed by atoms with van der Waals surface area (Å²) in [5.74, 6) is -0.547. The summed E-state index contributed by atoms with van der Waals surface area (Å²) in [5, 5.41) is 10.4. The summed E-state index contributed by atoms with van der Waals surface area (Å²) >= 11 is 5.62. The molecule has 0 bridgehead atoms. The fourth-order valence-electron chi connectivity index (χ4n) is 0.996. The van der Waals surface area contributed by atoms with Gasteiger partial charge in [-0.15, -0.1) is 0 Å². The van der Waals surface area contributed by atoms with Gasteiger partial charge in [0.2, 0.25) is 0 Å². The van der Waals surface area contributed by atoms with Gasteiger partial charge in [0, 0.05) is 6.07 Å². The van der Waals surface area contributed by atoms with E-state index in [-0.39, 0.29) is 22.9 Å². The number of esters is 1. The summed E-state index contributed by atoms with van der Waals surface area (Å²) in [5.41, 5.74) is -0.0304. The number of nitro benzene ring substituents is 1. The molecule has 5 nitrogen and oxygen atoms in total. The smallest absolute Gasteiger partial charge is 0.338 e. The van der Waals surface area contributed by atoms with Crippen LogP contribution in [0.4, 0.5) is 5.69 Å². The molecule has 1 rings (SSSR count). The second-order valence-corrected chi connectivity index (χ2v) is 3.05. The van der Waals surface area contributed by atoms with E-state index in [1.165, 1.54) is 18.2 Å². The molecule has 0 saturated carbocycles. The van der Waals surface area contributed by atoms with Crippen LogP contribution >= 0.6 is 11.6 Å². The number of nitrogens with zero attached hydrogens (tertiary/aromatic N) is 1. The van der Waals surface area contributed by atoms with Crippen molar-refractivity contribution < 1.29 is 14.5 Å². The summed E-state index contributed by atoms with van der Waals surface area (Å²) in [6.07, 6.45) is 0. The molecule has 0 aliphatic heterocycles. The summed E-state index contributed by atoms with van der Waals surface area (Å²) < 4.78 is 4.72. The van der Waals surface area contributed by atoms with E-state index in [4.69, 9.17) is 16.3 Å². The molecular weight excluding hydrogens is 222 g/mol. The molecule has 0 aromatic heterocycles. The van der Waals surface area contributed by atoms with Gasteiger partial charge < -0.3 is 4.74 Å². The molecule has 1 aromatic rings. The molecule has 0 aliphatic rings. The summed E-state index contributed by atoms with van der Waals surface area (Å²) in [6, 6.07) is 3.70. The van der Waals surface area contributed by atoms with Crippen molar-refractivity contribution >= 4 is 23.3 Å². The quantitative estimate of drug-likeness (QED) is 0.453. The number of benzene rings is 1. The maximum Gasteiger partial charge on any atom is 0.338 e. The highest BCUT2D eigenvalue weighted by molar-refractivity contribution is 6.33. The highest BCUT2D eigenvalue weighted by Gasteiger charge is 2.15. The second-order valence-electron chi connectivity index (χ2n) is 2.64. The normalized spacial score (nSPS) is 9.73. The van der Waals surface area contributed by atoms with E-state index in [0.717, 1.165) is 0 Å². The largest absolute Gasteiger partial charge is 0.462 e. The highest BCUT2D eigenvalue weighted by Crippen LogP contribution is 2.25. The van der Waals surface area contributed by atoms with Crippen molar-refractivity contribution in [1.29, 1.82) is 0 Å². The van der Waals surface area contributed by atoms with Gasteiger partial charge in [0.05, 0.1) is 17.1 Å².